The second-order valence-corrected chi connectivity index (χ2v) is 4.57. The normalized spacial score (nSPS) is 12.2. The van der Waals surface area contributed by atoms with Gasteiger partial charge in [0.15, 0.2) is 0 Å². The van der Waals surface area contributed by atoms with Crippen LogP contribution in [0.1, 0.15) is 29.7 Å². The third-order valence-corrected chi connectivity index (χ3v) is 2.97. The van der Waals surface area contributed by atoms with Gasteiger partial charge < -0.3 is 5.32 Å². The minimum absolute atomic E-state index is 0.0971. The summed E-state index contributed by atoms with van der Waals surface area (Å²) in [5, 5.41) is 3.21. The Morgan fingerprint density at radius 2 is 1.94 bits per heavy atom. The minimum atomic E-state index is -0.465. The van der Waals surface area contributed by atoms with E-state index in [0.29, 0.717) is 5.82 Å². The number of rotatable bonds is 3. The molecule has 0 radical (unpaired) electrons. The summed E-state index contributed by atoms with van der Waals surface area (Å²) in [4.78, 5) is 3.81. The molecule has 1 aromatic carbocycles. The zero-order chi connectivity index (χ0) is 13.1. The van der Waals surface area contributed by atoms with E-state index in [9.17, 15) is 4.39 Å². The zero-order valence-electron chi connectivity index (χ0n) is 10.9. The van der Waals surface area contributed by atoms with Crippen molar-refractivity contribution in [2.24, 2.45) is 0 Å². The van der Waals surface area contributed by atoms with E-state index < -0.39 is 5.95 Å². The van der Waals surface area contributed by atoms with Gasteiger partial charge in [-0.3, -0.25) is 0 Å². The van der Waals surface area contributed by atoms with E-state index in [0.717, 1.165) is 0 Å². The van der Waals surface area contributed by atoms with Crippen LogP contribution in [0.4, 0.5) is 10.2 Å². The number of nitrogens with one attached hydrogen (secondary N) is 1. The quantitative estimate of drug-likeness (QED) is 0.825. The lowest BCUT2D eigenvalue weighted by Gasteiger charge is -2.17. The summed E-state index contributed by atoms with van der Waals surface area (Å²) in [6.07, 6.45) is 0. The van der Waals surface area contributed by atoms with Crippen LogP contribution in [0.2, 0.25) is 0 Å². The van der Waals surface area contributed by atoms with E-state index in [-0.39, 0.29) is 6.04 Å². The van der Waals surface area contributed by atoms with Crippen molar-refractivity contribution in [1.29, 1.82) is 0 Å². The first kappa shape index (κ1) is 12.6. The molecule has 94 valence electrons. The number of hydrogen-bond acceptors (Lipinski definition) is 2. The molecule has 0 aliphatic rings. The van der Waals surface area contributed by atoms with Gasteiger partial charge in [0.25, 0.3) is 0 Å². The summed E-state index contributed by atoms with van der Waals surface area (Å²) in [7, 11) is 0. The molecule has 2 rings (SSSR count). The molecule has 1 atom stereocenters. The topological polar surface area (TPSA) is 24.9 Å². The SMILES string of the molecule is Cc1ccc(C(C)Nc2cccc(F)n2)c(C)c1. The summed E-state index contributed by atoms with van der Waals surface area (Å²) in [5.74, 6) is 0.0929. The molecule has 0 saturated carbocycles. The molecule has 0 aliphatic heterocycles. The fourth-order valence-corrected chi connectivity index (χ4v) is 2.10. The minimum Gasteiger partial charge on any atom is -0.363 e. The van der Waals surface area contributed by atoms with Crippen LogP contribution < -0.4 is 5.32 Å². The van der Waals surface area contributed by atoms with Crippen molar-refractivity contribution in [3.63, 3.8) is 0 Å². The average molecular weight is 244 g/mol. The number of anilines is 1. The number of benzene rings is 1. The first-order chi connectivity index (χ1) is 8.56. The summed E-state index contributed by atoms with van der Waals surface area (Å²) in [6.45, 7) is 6.20. The monoisotopic (exact) mass is 244 g/mol. The highest BCUT2D eigenvalue weighted by molar-refractivity contribution is 5.40. The highest BCUT2D eigenvalue weighted by atomic mass is 19.1. The molecule has 0 spiro atoms. The Kier molecular flexibility index (Phi) is 3.60. The molecule has 0 fully saturated rings. The molecule has 0 aliphatic carbocycles. The lowest BCUT2D eigenvalue weighted by atomic mass is 10.0. The van der Waals surface area contributed by atoms with Crippen LogP contribution in [0.3, 0.4) is 0 Å². The molecule has 3 heteroatoms. The number of aromatic nitrogens is 1. The van der Waals surface area contributed by atoms with Gasteiger partial charge in [0.2, 0.25) is 5.95 Å². The average Bonchev–Trinajstić information content (AvgIpc) is 2.28. The summed E-state index contributed by atoms with van der Waals surface area (Å²) < 4.78 is 13.0. The predicted molar refractivity (Wildman–Crippen MR) is 72.1 cm³/mol. The Balaban J connectivity index is 2.19. The largest absolute Gasteiger partial charge is 0.363 e. The van der Waals surface area contributed by atoms with Gasteiger partial charge in [0.1, 0.15) is 5.82 Å². The molecule has 1 N–H and O–H groups in total. The van der Waals surface area contributed by atoms with Gasteiger partial charge in [-0.25, -0.2) is 4.98 Å². The van der Waals surface area contributed by atoms with Crippen molar-refractivity contribution in [2.75, 3.05) is 5.32 Å². The number of halogens is 1. The molecular weight excluding hydrogens is 227 g/mol. The fourth-order valence-electron chi connectivity index (χ4n) is 2.10. The van der Waals surface area contributed by atoms with Crippen LogP contribution in [0.15, 0.2) is 36.4 Å². The molecule has 18 heavy (non-hydrogen) atoms. The third kappa shape index (κ3) is 2.86. The van der Waals surface area contributed by atoms with Crippen molar-refractivity contribution in [1.82, 2.24) is 4.98 Å². The standard InChI is InChI=1S/C15H17FN2/c1-10-7-8-13(11(2)9-10)12(3)17-15-6-4-5-14(16)18-15/h4-9,12H,1-3H3,(H,17,18). The van der Waals surface area contributed by atoms with Crippen LogP contribution in [-0.4, -0.2) is 4.98 Å². The summed E-state index contributed by atoms with van der Waals surface area (Å²) in [5.41, 5.74) is 3.67. The van der Waals surface area contributed by atoms with Gasteiger partial charge in [0.05, 0.1) is 6.04 Å². The lowest BCUT2D eigenvalue weighted by Crippen LogP contribution is -2.09. The van der Waals surface area contributed by atoms with E-state index in [2.05, 4.69) is 42.3 Å². The first-order valence-corrected chi connectivity index (χ1v) is 6.02. The van der Waals surface area contributed by atoms with Crippen molar-refractivity contribution >= 4 is 5.82 Å². The molecule has 0 saturated heterocycles. The molecule has 0 amide bonds. The second-order valence-electron chi connectivity index (χ2n) is 4.57. The lowest BCUT2D eigenvalue weighted by molar-refractivity contribution is 0.584. The van der Waals surface area contributed by atoms with Crippen LogP contribution in [0.25, 0.3) is 0 Å². The van der Waals surface area contributed by atoms with Gasteiger partial charge in [-0.05, 0) is 44.0 Å². The Bertz CT molecular complexity index is 552. The maximum atomic E-state index is 13.0. The molecule has 2 aromatic rings. The highest BCUT2D eigenvalue weighted by Gasteiger charge is 2.09. The maximum Gasteiger partial charge on any atom is 0.214 e. The van der Waals surface area contributed by atoms with E-state index >= 15 is 0 Å². The van der Waals surface area contributed by atoms with Gasteiger partial charge in [0, 0.05) is 0 Å². The first-order valence-electron chi connectivity index (χ1n) is 6.02. The van der Waals surface area contributed by atoms with Gasteiger partial charge in [-0.15, -0.1) is 0 Å². The van der Waals surface area contributed by atoms with Crippen molar-refractivity contribution in [3.8, 4) is 0 Å². The third-order valence-electron chi connectivity index (χ3n) is 2.97. The van der Waals surface area contributed by atoms with Crippen molar-refractivity contribution in [3.05, 3.63) is 59.0 Å². The molecular formula is C15H17FN2. The van der Waals surface area contributed by atoms with E-state index in [1.54, 1.807) is 12.1 Å². The number of aryl methyl sites for hydroxylation is 2. The van der Waals surface area contributed by atoms with Crippen LogP contribution in [-0.2, 0) is 0 Å². The van der Waals surface area contributed by atoms with Crippen LogP contribution >= 0.6 is 0 Å². The van der Waals surface area contributed by atoms with Gasteiger partial charge in [-0.1, -0.05) is 29.8 Å². The zero-order valence-corrected chi connectivity index (χ0v) is 10.9. The van der Waals surface area contributed by atoms with Gasteiger partial charge in [-0.2, -0.15) is 4.39 Å². The Hall–Kier alpha value is -1.90. The molecule has 1 heterocycles. The number of pyridine rings is 1. The van der Waals surface area contributed by atoms with Gasteiger partial charge >= 0.3 is 0 Å². The van der Waals surface area contributed by atoms with Crippen LogP contribution in [0.5, 0.6) is 0 Å². The Labute approximate surface area is 107 Å². The smallest absolute Gasteiger partial charge is 0.214 e. The van der Waals surface area contributed by atoms with Crippen LogP contribution in [0, 0.1) is 19.8 Å². The summed E-state index contributed by atoms with van der Waals surface area (Å²) >= 11 is 0. The van der Waals surface area contributed by atoms with E-state index in [1.807, 2.05) is 6.92 Å². The highest BCUT2D eigenvalue weighted by Crippen LogP contribution is 2.22. The van der Waals surface area contributed by atoms with E-state index in [4.69, 9.17) is 0 Å². The van der Waals surface area contributed by atoms with E-state index in [1.165, 1.54) is 22.8 Å². The Morgan fingerprint density at radius 3 is 2.61 bits per heavy atom. The molecule has 1 unspecified atom stereocenters. The molecule has 0 bridgehead atoms. The van der Waals surface area contributed by atoms with Crippen molar-refractivity contribution in [2.45, 2.75) is 26.8 Å². The predicted octanol–water partition coefficient (Wildman–Crippen LogP) is 4.01. The van der Waals surface area contributed by atoms with Crippen molar-refractivity contribution < 1.29 is 4.39 Å². The second kappa shape index (κ2) is 5.17. The number of nitrogens with zero attached hydrogens (tertiary/aromatic N) is 1. The summed E-state index contributed by atoms with van der Waals surface area (Å²) in [6, 6.07) is 11.2. The Morgan fingerprint density at radius 1 is 1.17 bits per heavy atom. The number of hydrogen-bond donors (Lipinski definition) is 1. The maximum absolute atomic E-state index is 13.0. The molecule has 1 aromatic heterocycles. The fraction of sp³-hybridized carbons (Fsp3) is 0.267. The molecule has 2 nitrogen and oxygen atoms in total.